The molecule has 0 unspecified atom stereocenters. The first-order chi connectivity index (χ1) is 17.0. The van der Waals surface area contributed by atoms with Crippen LogP contribution in [0.3, 0.4) is 0 Å². The van der Waals surface area contributed by atoms with Gasteiger partial charge in [0, 0.05) is 26.2 Å². The van der Waals surface area contributed by atoms with Gasteiger partial charge in [0.25, 0.3) is 0 Å². The summed E-state index contributed by atoms with van der Waals surface area (Å²) >= 11 is 1.28. The molecule has 0 fully saturated rings. The number of thioether (sulfide) groups is 1. The van der Waals surface area contributed by atoms with Crippen molar-refractivity contribution in [3.05, 3.63) is 48.0 Å². The summed E-state index contributed by atoms with van der Waals surface area (Å²) in [6.07, 6.45) is 0.540. The van der Waals surface area contributed by atoms with E-state index in [9.17, 15) is 21.6 Å². The highest BCUT2D eigenvalue weighted by Gasteiger charge is 2.23. The third-order valence-electron chi connectivity index (χ3n) is 5.66. The number of nitrogens with one attached hydrogen (secondary N) is 1. The fourth-order valence-corrected chi connectivity index (χ4v) is 6.65. The van der Waals surface area contributed by atoms with E-state index < -0.39 is 20.0 Å². The molecule has 0 saturated carbocycles. The normalized spacial score (nSPS) is 12.4. The molecule has 3 N–H and O–H groups in total. The number of hydrogen-bond donors (Lipinski definition) is 2. The van der Waals surface area contributed by atoms with Crippen molar-refractivity contribution in [2.45, 2.75) is 48.7 Å². The molecule has 2 aromatic carbocycles. The second kappa shape index (κ2) is 11.7. The minimum absolute atomic E-state index is 0.0447. The van der Waals surface area contributed by atoms with E-state index >= 15 is 0 Å². The van der Waals surface area contributed by atoms with Crippen LogP contribution in [0.15, 0.2) is 57.4 Å². The molecule has 10 nitrogen and oxygen atoms in total. The van der Waals surface area contributed by atoms with Crippen molar-refractivity contribution < 1.29 is 21.6 Å². The van der Waals surface area contributed by atoms with Gasteiger partial charge in [-0.15, -0.1) is 0 Å². The van der Waals surface area contributed by atoms with Crippen LogP contribution in [-0.2, 0) is 37.8 Å². The van der Waals surface area contributed by atoms with Gasteiger partial charge in [0.05, 0.1) is 26.6 Å². The third kappa shape index (κ3) is 6.45. The van der Waals surface area contributed by atoms with Gasteiger partial charge in [0.15, 0.2) is 5.16 Å². The molecule has 1 aromatic heterocycles. The number of hydrogen-bond acceptors (Lipinski definition) is 7. The quantitative estimate of drug-likeness (QED) is 0.327. The van der Waals surface area contributed by atoms with Crippen molar-refractivity contribution in [2.75, 3.05) is 25.4 Å². The molecule has 13 heteroatoms. The number of imidazole rings is 1. The minimum atomic E-state index is -3.73. The molecule has 36 heavy (non-hydrogen) atoms. The maximum atomic E-state index is 12.9. The second-order valence-electron chi connectivity index (χ2n) is 7.96. The summed E-state index contributed by atoms with van der Waals surface area (Å²) < 4.78 is 51.8. The van der Waals surface area contributed by atoms with Crippen molar-refractivity contribution >= 4 is 48.7 Å². The second-order valence-corrected chi connectivity index (χ2v) is 12.4. The van der Waals surface area contributed by atoms with Gasteiger partial charge < -0.3 is 9.88 Å². The average Bonchev–Trinajstić information content (AvgIpc) is 3.20. The number of carbonyl (C=O) groups excluding carboxylic acids is 1. The molecular weight excluding hydrogens is 522 g/mol. The molecule has 0 atom stereocenters. The van der Waals surface area contributed by atoms with Crippen LogP contribution >= 0.6 is 11.8 Å². The number of carbonyl (C=O) groups is 1. The highest BCUT2D eigenvalue weighted by molar-refractivity contribution is 7.99. The van der Waals surface area contributed by atoms with Crippen LogP contribution in [0.25, 0.3) is 11.0 Å². The largest absolute Gasteiger partial charge is 0.355 e. The predicted molar refractivity (Wildman–Crippen MR) is 141 cm³/mol. The highest BCUT2D eigenvalue weighted by Crippen LogP contribution is 2.27. The maximum Gasteiger partial charge on any atom is 0.243 e. The van der Waals surface area contributed by atoms with Gasteiger partial charge in [-0.2, -0.15) is 4.31 Å². The van der Waals surface area contributed by atoms with Crippen LogP contribution in [0.5, 0.6) is 0 Å². The fraction of sp³-hybridized carbons (Fsp3) is 0.391. The molecule has 1 heterocycles. The number of aromatic nitrogens is 2. The summed E-state index contributed by atoms with van der Waals surface area (Å²) in [5, 5.41) is 8.59. The van der Waals surface area contributed by atoms with E-state index in [-0.39, 0.29) is 21.5 Å². The van der Waals surface area contributed by atoms with E-state index in [2.05, 4.69) is 10.3 Å². The molecule has 3 rings (SSSR count). The Morgan fingerprint density at radius 3 is 2.25 bits per heavy atom. The lowest BCUT2D eigenvalue weighted by Gasteiger charge is -2.18. The van der Waals surface area contributed by atoms with Gasteiger partial charge in [0.2, 0.25) is 26.0 Å². The first kappa shape index (κ1) is 28.1. The van der Waals surface area contributed by atoms with Gasteiger partial charge in [-0.3, -0.25) is 4.79 Å². The highest BCUT2D eigenvalue weighted by atomic mass is 32.2. The fourth-order valence-electron chi connectivity index (χ4n) is 3.75. The number of fused-ring (bicyclic) bond motifs is 1. The summed E-state index contributed by atoms with van der Waals surface area (Å²) in [7, 11) is -7.33. The molecule has 0 aliphatic carbocycles. The number of nitrogens with zero attached hydrogens (tertiary/aromatic N) is 3. The lowest BCUT2D eigenvalue weighted by Crippen LogP contribution is -2.30. The average molecular weight is 554 g/mol. The van der Waals surface area contributed by atoms with E-state index in [1.165, 1.54) is 28.2 Å². The summed E-state index contributed by atoms with van der Waals surface area (Å²) in [5.74, 6) is -0.0150. The predicted octanol–water partition coefficient (Wildman–Crippen LogP) is 2.19. The van der Waals surface area contributed by atoms with Crippen LogP contribution in [0.2, 0.25) is 0 Å². The molecule has 1 amide bonds. The van der Waals surface area contributed by atoms with Crippen LogP contribution < -0.4 is 10.5 Å². The van der Waals surface area contributed by atoms with Gasteiger partial charge in [-0.05, 0) is 49.2 Å². The van der Waals surface area contributed by atoms with Gasteiger partial charge in [-0.25, -0.2) is 27.0 Å². The standard InChI is InChI=1S/C23H31N5O5S3/c1-4-27(5-2)36(32,33)19-11-12-21-20(15-19)26-23(28(21)6-3)34-16-22(29)25-14-13-17-7-9-18(10-8-17)35(24,30)31/h7-12,15H,4-6,13-14,16H2,1-3H3,(H,25,29)(H2,24,30,31). The van der Waals surface area contributed by atoms with Gasteiger partial charge >= 0.3 is 0 Å². The summed E-state index contributed by atoms with van der Waals surface area (Å²) in [6, 6.07) is 11.2. The molecule has 3 aromatic rings. The molecule has 0 aliphatic heterocycles. The number of rotatable bonds is 12. The molecule has 0 spiro atoms. The van der Waals surface area contributed by atoms with Crippen molar-refractivity contribution in [1.82, 2.24) is 19.2 Å². The molecule has 0 saturated heterocycles. The number of sulfonamides is 2. The van der Waals surface area contributed by atoms with Crippen LogP contribution in [0.1, 0.15) is 26.3 Å². The SMILES string of the molecule is CCN(CC)S(=O)(=O)c1ccc2c(c1)nc(SCC(=O)NCCc1ccc(S(N)(=O)=O)cc1)n2CC. The zero-order valence-corrected chi connectivity index (χ0v) is 22.9. The van der Waals surface area contributed by atoms with E-state index in [4.69, 9.17) is 5.14 Å². The molecule has 196 valence electrons. The zero-order chi connectivity index (χ0) is 26.5. The Kier molecular flexibility index (Phi) is 9.17. The molecular formula is C23H31N5O5S3. The van der Waals surface area contributed by atoms with Crippen molar-refractivity contribution in [3.8, 4) is 0 Å². The first-order valence-electron chi connectivity index (χ1n) is 11.5. The van der Waals surface area contributed by atoms with E-state index in [0.717, 1.165) is 11.1 Å². The molecule has 0 bridgehead atoms. The monoisotopic (exact) mass is 553 g/mol. The number of amides is 1. The Morgan fingerprint density at radius 1 is 1.03 bits per heavy atom. The first-order valence-corrected chi connectivity index (χ1v) is 15.5. The van der Waals surface area contributed by atoms with Crippen molar-refractivity contribution in [1.29, 1.82) is 0 Å². The Hall–Kier alpha value is -2.45. The Bertz CT molecular complexity index is 1430. The smallest absolute Gasteiger partial charge is 0.243 e. The van der Waals surface area contributed by atoms with Crippen LogP contribution in [-0.4, -0.2) is 62.0 Å². The van der Waals surface area contributed by atoms with Gasteiger partial charge in [-0.1, -0.05) is 37.7 Å². The van der Waals surface area contributed by atoms with E-state index in [0.29, 0.717) is 43.3 Å². The summed E-state index contributed by atoms with van der Waals surface area (Å²) in [5.41, 5.74) is 2.25. The topological polar surface area (TPSA) is 144 Å². The van der Waals surface area contributed by atoms with Crippen molar-refractivity contribution in [2.24, 2.45) is 5.14 Å². The number of benzene rings is 2. The number of primary sulfonamides is 1. The summed E-state index contributed by atoms with van der Waals surface area (Å²) in [4.78, 5) is 17.2. The molecule has 0 aliphatic rings. The van der Waals surface area contributed by atoms with E-state index in [1.54, 1.807) is 44.2 Å². The lowest BCUT2D eigenvalue weighted by atomic mass is 10.1. The maximum absolute atomic E-state index is 12.9. The number of nitrogens with two attached hydrogens (primary N) is 1. The molecule has 0 radical (unpaired) electrons. The number of aryl methyl sites for hydroxylation is 1. The lowest BCUT2D eigenvalue weighted by molar-refractivity contribution is -0.118. The Labute approximate surface area is 216 Å². The third-order valence-corrected chi connectivity index (χ3v) is 9.62. The Balaban J connectivity index is 1.63. The van der Waals surface area contributed by atoms with E-state index in [1.807, 2.05) is 11.5 Å². The minimum Gasteiger partial charge on any atom is -0.355 e. The van der Waals surface area contributed by atoms with Crippen molar-refractivity contribution in [3.63, 3.8) is 0 Å². The zero-order valence-electron chi connectivity index (χ0n) is 20.5. The van der Waals surface area contributed by atoms with Crippen LogP contribution in [0.4, 0.5) is 0 Å². The summed E-state index contributed by atoms with van der Waals surface area (Å²) in [6.45, 7) is 7.36. The Morgan fingerprint density at radius 2 is 1.67 bits per heavy atom. The van der Waals surface area contributed by atoms with Gasteiger partial charge in [0.1, 0.15) is 0 Å². The van der Waals surface area contributed by atoms with Crippen LogP contribution in [0, 0.1) is 0 Å².